The average molecular weight is 245 g/mol. The normalized spacial score (nSPS) is 34.5. The molecule has 1 unspecified atom stereocenters. The fraction of sp³-hybridized carbons (Fsp3) is 0.600. The minimum atomic E-state index is -0.590. The molecule has 1 heterocycles. The van der Waals surface area contributed by atoms with Gasteiger partial charge in [-0.3, -0.25) is 9.78 Å². The van der Waals surface area contributed by atoms with Gasteiger partial charge >= 0.3 is 5.97 Å². The summed E-state index contributed by atoms with van der Waals surface area (Å²) in [6.07, 6.45) is 7.21. The Morgan fingerprint density at radius 2 is 2.17 bits per heavy atom. The van der Waals surface area contributed by atoms with E-state index in [0.29, 0.717) is 5.92 Å². The van der Waals surface area contributed by atoms with E-state index in [1.54, 1.807) is 0 Å². The molecule has 2 aliphatic rings. The highest BCUT2D eigenvalue weighted by Crippen LogP contribution is 2.63. The van der Waals surface area contributed by atoms with Gasteiger partial charge in [0.1, 0.15) is 0 Å². The molecule has 3 heteroatoms. The van der Waals surface area contributed by atoms with Crippen molar-refractivity contribution in [3.8, 4) is 0 Å². The van der Waals surface area contributed by atoms with Gasteiger partial charge in [0, 0.05) is 11.9 Å². The molecule has 2 aliphatic carbocycles. The SMILES string of the molecule is Cc1cc(C2CCC3(CC2)CC3C(=O)O)ccn1. The molecule has 1 spiro atoms. The van der Waals surface area contributed by atoms with Crippen LogP contribution in [0.1, 0.15) is 49.3 Å². The Bertz CT molecular complexity index is 475. The molecule has 0 aromatic carbocycles. The third kappa shape index (κ3) is 1.92. The first-order valence-electron chi connectivity index (χ1n) is 6.76. The second-order valence-electron chi connectivity index (χ2n) is 5.96. The first kappa shape index (κ1) is 11.7. The van der Waals surface area contributed by atoms with Crippen molar-refractivity contribution in [1.82, 2.24) is 4.98 Å². The number of aliphatic carboxylic acids is 1. The molecule has 2 fully saturated rings. The number of carboxylic acids is 1. The van der Waals surface area contributed by atoms with Crippen LogP contribution in [0.4, 0.5) is 0 Å². The van der Waals surface area contributed by atoms with Crippen molar-refractivity contribution < 1.29 is 9.90 Å². The minimum Gasteiger partial charge on any atom is -0.481 e. The first-order valence-corrected chi connectivity index (χ1v) is 6.76. The summed E-state index contributed by atoms with van der Waals surface area (Å²) in [4.78, 5) is 15.3. The highest BCUT2D eigenvalue weighted by molar-refractivity contribution is 5.74. The summed E-state index contributed by atoms with van der Waals surface area (Å²) in [5.41, 5.74) is 2.61. The zero-order valence-electron chi connectivity index (χ0n) is 10.7. The third-order valence-electron chi connectivity index (χ3n) is 4.86. The van der Waals surface area contributed by atoms with Gasteiger partial charge in [-0.1, -0.05) is 0 Å². The van der Waals surface area contributed by atoms with E-state index in [1.165, 1.54) is 5.56 Å². The van der Waals surface area contributed by atoms with Gasteiger partial charge in [-0.05, 0) is 68.1 Å². The lowest BCUT2D eigenvalue weighted by molar-refractivity contribution is -0.139. The number of carbonyl (C=O) groups is 1. The zero-order chi connectivity index (χ0) is 12.8. The summed E-state index contributed by atoms with van der Waals surface area (Å²) < 4.78 is 0. The van der Waals surface area contributed by atoms with Crippen LogP contribution in [0, 0.1) is 18.3 Å². The zero-order valence-corrected chi connectivity index (χ0v) is 10.7. The van der Waals surface area contributed by atoms with E-state index in [9.17, 15) is 4.79 Å². The maximum Gasteiger partial charge on any atom is 0.307 e. The van der Waals surface area contributed by atoms with Crippen LogP contribution in [0.5, 0.6) is 0 Å². The monoisotopic (exact) mass is 245 g/mol. The molecule has 2 saturated carbocycles. The highest BCUT2D eigenvalue weighted by Gasteiger charge is 2.58. The maximum atomic E-state index is 11.0. The van der Waals surface area contributed by atoms with Crippen molar-refractivity contribution in [2.24, 2.45) is 11.3 Å². The number of aryl methyl sites for hydroxylation is 1. The number of pyridine rings is 1. The molecule has 96 valence electrons. The van der Waals surface area contributed by atoms with Crippen LogP contribution >= 0.6 is 0 Å². The van der Waals surface area contributed by atoms with Crippen LogP contribution in [0.2, 0.25) is 0 Å². The fourth-order valence-corrected chi connectivity index (χ4v) is 3.60. The quantitative estimate of drug-likeness (QED) is 0.870. The molecule has 3 rings (SSSR count). The Morgan fingerprint density at radius 3 is 2.72 bits per heavy atom. The molecule has 1 N–H and O–H groups in total. The van der Waals surface area contributed by atoms with Crippen molar-refractivity contribution in [3.05, 3.63) is 29.6 Å². The Hall–Kier alpha value is -1.38. The number of aromatic nitrogens is 1. The van der Waals surface area contributed by atoms with Gasteiger partial charge in [-0.25, -0.2) is 0 Å². The molecular weight excluding hydrogens is 226 g/mol. The standard InChI is InChI=1S/C15H19NO2/c1-10-8-12(4-7-16-10)11-2-5-15(6-3-11)9-13(15)14(17)18/h4,7-8,11,13H,2-3,5-6,9H2,1H3,(H,17,18). The van der Waals surface area contributed by atoms with E-state index in [4.69, 9.17) is 5.11 Å². The number of rotatable bonds is 2. The van der Waals surface area contributed by atoms with Crippen LogP contribution in [0.25, 0.3) is 0 Å². The number of nitrogens with zero attached hydrogens (tertiary/aromatic N) is 1. The largest absolute Gasteiger partial charge is 0.481 e. The van der Waals surface area contributed by atoms with Crippen LogP contribution < -0.4 is 0 Å². The van der Waals surface area contributed by atoms with Crippen molar-refractivity contribution >= 4 is 5.97 Å². The summed E-state index contributed by atoms with van der Waals surface area (Å²) in [5.74, 6) is -0.0433. The van der Waals surface area contributed by atoms with E-state index in [0.717, 1.165) is 37.8 Å². The Labute approximate surface area is 107 Å². The summed E-state index contributed by atoms with van der Waals surface area (Å²) in [7, 11) is 0. The summed E-state index contributed by atoms with van der Waals surface area (Å²) in [6.45, 7) is 2.02. The lowest BCUT2D eigenvalue weighted by Gasteiger charge is -2.29. The Morgan fingerprint density at radius 1 is 1.44 bits per heavy atom. The van der Waals surface area contributed by atoms with Crippen molar-refractivity contribution in [3.63, 3.8) is 0 Å². The van der Waals surface area contributed by atoms with Gasteiger partial charge in [0.25, 0.3) is 0 Å². The van der Waals surface area contributed by atoms with Gasteiger partial charge in [0.15, 0.2) is 0 Å². The van der Waals surface area contributed by atoms with Crippen LogP contribution in [0.3, 0.4) is 0 Å². The molecule has 0 amide bonds. The summed E-state index contributed by atoms with van der Waals surface area (Å²) in [6, 6.07) is 4.28. The van der Waals surface area contributed by atoms with Gasteiger partial charge < -0.3 is 5.11 Å². The van der Waals surface area contributed by atoms with E-state index in [2.05, 4.69) is 17.1 Å². The lowest BCUT2D eigenvalue weighted by atomic mass is 9.76. The minimum absolute atomic E-state index is 0.0578. The van der Waals surface area contributed by atoms with Gasteiger partial charge in [-0.15, -0.1) is 0 Å². The maximum absolute atomic E-state index is 11.0. The number of hydrogen-bond donors (Lipinski definition) is 1. The highest BCUT2D eigenvalue weighted by atomic mass is 16.4. The van der Waals surface area contributed by atoms with E-state index in [1.807, 2.05) is 13.1 Å². The molecule has 0 aliphatic heterocycles. The average Bonchev–Trinajstić information content (AvgIpc) is 3.04. The Kier molecular flexibility index (Phi) is 2.65. The van der Waals surface area contributed by atoms with Gasteiger partial charge in [0.05, 0.1) is 5.92 Å². The molecule has 0 bridgehead atoms. The molecule has 18 heavy (non-hydrogen) atoms. The summed E-state index contributed by atoms with van der Waals surface area (Å²) in [5, 5.41) is 9.08. The second-order valence-corrected chi connectivity index (χ2v) is 5.96. The third-order valence-corrected chi connectivity index (χ3v) is 4.86. The van der Waals surface area contributed by atoms with Gasteiger partial charge in [0.2, 0.25) is 0 Å². The molecule has 1 aromatic rings. The summed E-state index contributed by atoms with van der Waals surface area (Å²) >= 11 is 0. The molecule has 3 nitrogen and oxygen atoms in total. The Balaban J connectivity index is 1.66. The van der Waals surface area contributed by atoms with Gasteiger partial charge in [-0.2, -0.15) is 0 Å². The number of carboxylic acid groups (broad SMARTS) is 1. The van der Waals surface area contributed by atoms with E-state index >= 15 is 0 Å². The predicted octanol–water partition coefficient (Wildman–Crippen LogP) is 3.14. The van der Waals surface area contributed by atoms with Crippen molar-refractivity contribution in [1.29, 1.82) is 0 Å². The van der Waals surface area contributed by atoms with E-state index in [-0.39, 0.29) is 11.3 Å². The molecular formula is C15H19NO2. The van der Waals surface area contributed by atoms with E-state index < -0.39 is 5.97 Å². The number of hydrogen-bond acceptors (Lipinski definition) is 2. The first-order chi connectivity index (χ1) is 8.61. The van der Waals surface area contributed by atoms with Crippen molar-refractivity contribution in [2.75, 3.05) is 0 Å². The molecule has 0 radical (unpaired) electrons. The lowest BCUT2D eigenvalue weighted by Crippen LogP contribution is -2.18. The topological polar surface area (TPSA) is 50.2 Å². The predicted molar refractivity (Wildman–Crippen MR) is 68.4 cm³/mol. The van der Waals surface area contributed by atoms with Crippen LogP contribution in [-0.2, 0) is 4.79 Å². The molecule has 1 atom stereocenters. The molecule has 1 aromatic heterocycles. The molecule has 0 saturated heterocycles. The smallest absolute Gasteiger partial charge is 0.307 e. The fourth-order valence-electron chi connectivity index (χ4n) is 3.60. The second kappa shape index (κ2) is 4.08. The van der Waals surface area contributed by atoms with Crippen LogP contribution in [-0.4, -0.2) is 16.1 Å². The van der Waals surface area contributed by atoms with Crippen molar-refractivity contribution in [2.45, 2.75) is 44.9 Å². The van der Waals surface area contributed by atoms with Crippen LogP contribution in [0.15, 0.2) is 18.3 Å².